The molecule has 0 saturated heterocycles. The number of sulfone groups is 1. The maximum atomic E-state index is 14.2. The lowest BCUT2D eigenvalue weighted by atomic mass is 9.83. The predicted molar refractivity (Wildman–Crippen MR) is 123 cm³/mol. The van der Waals surface area contributed by atoms with E-state index < -0.39 is 33.1 Å². The highest BCUT2D eigenvalue weighted by Gasteiger charge is 2.56. The normalized spacial score (nSPS) is 16.0. The van der Waals surface area contributed by atoms with Crippen molar-refractivity contribution in [2.24, 2.45) is 11.7 Å². The number of rotatable bonds is 8. The summed E-state index contributed by atoms with van der Waals surface area (Å²) in [6, 6.07) is 12.9. The second kappa shape index (κ2) is 9.09. The molecule has 1 unspecified atom stereocenters. The first-order valence-electron chi connectivity index (χ1n) is 10.9. The number of hydrogen-bond donors (Lipinski definition) is 2. The van der Waals surface area contributed by atoms with E-state index in [1.807, 2.05) is 0 Å². The molecule has 1 aliphatic carbocycles. The van der Waals surface area contributed by atoms with E-state index in [1.165, 1.54) is 54.7 Å². The van der Waals surface area contributed by atoms with Gasteiger partial charge in [-0.25, -0.2) is 13.4 Å². The van der Waals surface area contributed by atoms with E-state index in [0.29, 0.717) is 5.56 Å². The molecule has 4 rings (SSSR count). The van der Waals surface area contributed by atoms with Crippen molar-refractivity contribution in [1.82, 2.24) is 4.98 Å². The number of alkyl halides is 3. The highest BCUT2D eigenvalue weighted by molar-refractivity contribution is 7.91. The van der Waals surface area contributed by atoms with Crippen molar-refractivity contribution in [3.63, 3.8) is 0 Å². The van der Waals surface area contributed by atoms with Crippen LogP contribution in [0.2, 0.25) is 0 Å². The Labute approximate surface area is 200 Å². The number of amides is 1. The molecule has 184 valence electrons. The van der Waals surface area contributed by atoms with Gasteiger partial charge in [0.1, 0.15) is 0 Å². The predicted octanol–water partition coefficient (Wildman–Crippen LogP) is 3.76. The molecule has 0 radical (unpaired) electrons. The summed E-state index contributed by atoms with van der Waals surface area (Å²) >= 11 is 0. The number of aliphatic hydroxyl groups is 1. The first-order chi connectivity index (χ1) is 16.4. The van der Waals surface area contributed by atoms with Crippen molar-refractivity contribution in [3.8, 4) is 11.1 Å². The van der Waals surface area contributed by atoms with Crippen LogP contribution in [0.1, 0.15) is 29.5 Å². The van der Waals surface area contributed by atoms with Crippen molar-refractivity contribution in [1.29, 1.82) is 0 Å². The van der Waals surface area contributed by atoms with E-state index in [0.717, 1.165) is 25.0 Å². The molecule has 3 N–H and O–H groups in total. The molecule has 1 amide bonds. The summed E-state index contributed by atoms with van der Waals surface area (Å²) in [5, 5.41) is 10.8. The van der Waals surface area contributed by atoms with Crippen LogP contribution in [-0.4, -0.2) is 36.3 Å². The number of nitrogens with two attached hydrogens (primary N) is 1. The van der Waals surface area contributed by atoms with Crippen LogP contribution in [-0.2, 0) is 26.7 Å². The Bertz CT molecular complexity index is 1340. The monoisotopic (exact) mass is 504 g/mol. The fourth-order valence-corrected chi connectivity index (χ4v) is 5.60. The summed E-state index contributed by atoms with van der Waals surface area (Å²) in [5.74, 6) is -0.583. The minimum atomic E-state index is -5.06. The number of nitrogens with zero attached hydrogens (tertiary/aromatic N) is 1. The van der Waals surface area contributed by atoms with Crippen molar-refractivity contribution in [2.45, 2.75) is 36.1 Å². The van der Waals surface area contributed by atoms with Gasteiger partial charge < -0.3 is 10.8 Å². The Morgan fingerprint density at radius 2 is 1.71 bits per heavy atom. The minimum absolute atomic E-state index is 0.00253. The second-order valence-electron chi connectivity index (χ2n) is 8.70. The van der Waals surface area contributed by atoms with Gasteiger partial charge in [0.05, 0.1) is 12.2 Å². The fraction of sp³-hybridized carbons (Fsp3) is 0.280. The van der Waals surface area contributed by atoms with Gasteiger partial charge in [0, 0.05) is 11.8 Å². The van der Waals surface area contributed by atoms with Gasteiger partial charge in [-0.2, -0.15) is 13.2 Å². The molecular weight excluding hydrogens is 481 g/mol. The molecule has 2 aromatic carbocycles. The Morgan fingerprint density at radius 1 is 1.03 bits per heavy atom. The van der Waals surface area contributed by atoms with Gasteiger partial charge >= 0.3 is 6.18 Å². The third kappa shape index (κ3) is 5.08. The lowest BCUT2D eigenvalue weighted by molar-refractivity contribution is -0.248. The first kappa shape index (κ1) is 24.9. The number of pyridine rings is 1. The van der Waals surface area contributed by atoms with Crippen LogP contribution in [0.25, 0.3) is 11.1 Å². The van der Waals surface area contributed by atoms with Crippen molar-refractivity contribution < 1.29 is 31.5 Å². The third-order valence-corrected chi connectivity index (χ3v) is 7.80. The van der Waals surface area contributed by atoms with Crippen LogP contribution < -0.4 is 5.73 Å². The highest BCUT2D eigenvalue weighted by Crippen LogP contribution is 2.45. The number of carbonyl (C=O) groups excluding carboxylic acids is 1. The van der Waals surface area contributed by atoms with Crippen molar-refractivity contribution in [3.05, 3.63) is 83.6 Å². The highest BCUT2D eigenvalue weighted by atomic mass is 32.2. The van der Waals surface area contributed by atoms with Crippen molar-refractivity contribution >= 4 is 15.7 Å². The number of halogens is 3. The molecule has 0 aliphatic heterocycles. The number of hydrogen-bond acceptors (Lipinski definition) is 5. The maximum Gasteiger partial charge on any atom is 0.425 e. The average Bonchev–Trinajstić information content (AvgIpc) is 3.62. The first-order valence-corrected chi connectivity index (χ1v) is 12.5. The second-order valence-corrected chi connectivity index (χ2v) is 10.7. The summed E-state index contributed by atoms with van der Waals surface area (Å²) in [7, 11) is -3.59. The van der Waals surface area contributed by atoms with Gasteiger partial charge in [-0.3, -0.25) is 4.79 Å². The van der Waals surface area contributed by atoms with E-state index in [2.05, 4.69) is 4.98 Å². The Hall–Kier alpha value is -3.24. The Balaban J connectivity index is 1.82. The summed E-state index contributed by atoms with van der Waals surface area (Å²) in [6.07, 6.45) is -2.39. The largest absolute Gasteiger partial charge is 0.425 e. The molecule has 1 aliphatic rings. The zero-order valence-electron chi connectivity index (χ0n) is 18.5. The van der Waals surface area contributed by atoms with Gasteiger partial charge in [-0.15, -0.1) is 0 Å². The molecule has 1 heterocycles. The maximum absolute atomic E-state index is 14.2. The van der Waals surface area contributed by atoms with E-state index >= 15 is 0 Å². The van der Waals surface area contributed by atoms with Crippen LogP contribution in [0.5, 0.6) is 0 Å². The molecule has 35 heavy (non-hydrogen) atoms. The van der Waals surface area contributed by atoms with Crippen LogP contribution in [0.15, 0.2) is 71.9 Å². The zero-order valence-corrected chi connectivity index (χ0v) is 19.3. The average molecular weight is 505 g/mol. The lowest BCUT2D eigenvalue weighted by Gasteiger charge is -2.32. The number of aromatic nitrogens is 1. The number of primary amides is 1. The molecule has 10 heteroatoms. The van der Waals surface area contributed by atoms with Crippen molar-refractivity contribution in [2.75, 3.05) is 5.75 Å². The van der Waals surface area contributed by atoms with E-state index in [9.17, 15) is 31.5 Å². The quantitative estimate of drug-likeness (QED) is 0.486. The number of carbonyl (C=O) groups is 1. The molecule has 1 fully saturated rings. The molecule has 1 aromatic heterocycles. The Morgan fingerprint density at radius 3 is 2.26 bits per heavy atom. The van der Waals surface area contributed by atoms with Crippen LogP contribution >= 0.6 is 0 Å². The third-order valence-electron chi connectivity index (χ3n) is 6.01. The van der Waals surface area contributed by atoms with Crippen LogP contribution in [0.3, 0.4) is 0 Å². The summed E-state index contributed by atoms with van der Waals surface area (Å²) in [4.78, 5) is 15.6. The molecule has 1 saturated carbocycles. The molecule has 3 aromatic rings. The molecular formula is C25H23F3N2O4S. The summed E-state index contributed by atoms with van der Waals surface area (Å²) in [5.41, 5.74) is 1.94. The molecule has 0 bridgehead atoms. The van der Waals surface area contributed by atoms with Gasteiger partial charge in [0.2, 0.25) is 11.5 Å². The van der Waals surface area contributed by atoms with Crippen LogP contribution in [0.4, 0.5) is 13.2 Å². The lowest BCUT2D eigenvalue weighted by Crippen LogP contribution is -2.43. The minimum Gasteiger partial charge on any atom is -0.372 e. The molecule has 0 spiro atoms. The van der Waals surface area contributed by atoms with E-state index in [4.69, 9.17) is 5.73 Å². The van der Waals surface area contributed by atoms with E-state index in [-0.39, 0.29) is 39.8 Å². The van der Waals surface area contributed by atoms with Gasteiger partial charge in [0.15, 0.2) is 14.9 Å². The smallest absolute Gasteiger partial charge is 0.372 e. The molecule has 6 nitrogen and oxygen atoms in total. The SMILES string of the molecule is NC(=O)Cc1ccc(C(O)(c2ccccc2)C(F)(F)F)cc1-c1ccc(S(=O)(=O)CC2CC2)nc1. The standard InChI is InChI=1S/C25H23F3N2O4S/c26-25(27,28)24(32,19-4-2-1-3-5-19)20-10-8-17(12-22(29)31)21(13-20)18-9-11-23(30-14-18)35(33,34)15-16-6-7-16/h1-5,8-11,13-14,16,32H,6-7,12,15H2,(H2,29,31). The fourth-order valence-electron chi connectivity index (χ4n) is 3.99. The van der Waals surface area contributed by atoms with E-state index in [1.54, 1.807) is 0 Å². The van der Waals surface area contributed by atoms with Crippen LogP contribution in [0, 0.1) is 5.92 Å². The summed E-state index contributed by atoms with van der Waals surface area (Å²) < 4.78 is 67.7. The topological polar surface area (TPSA) is 110 Å². The number of benzene rings is 2. The summed E-state index contributed by atoms with van der Waals surface area (Å²) in [6.45, 7) is 0. The zero-order chi connectivity index (χ0) is 25.4. The van der Waals surface area contributed by atoms with Gasteiger partial charge in [-0.1, -0.05) is 42.5 Å². The van der Waals surface area contributed by atoms with Gasteiger partial charge in [-0.05, 0) is 59.2 Å². The Kier molecular flexibility index (Phi) is 6.46. The molecule has 1 atom stereocenters. The van der Waals surface area contributed by atoms with Gasteiger partial charge in [0.25, 0.3) is 0 Å².